The summed E-state index contributed by atoms with van der Waals surface area (Å²) in [6, 6.07) is 1.79. The van der Waals surface area contributed by atoms with Gasteiger partial charge in [-0.25, -0.2) is 18.1 Å². The molecule has 0 aliphatic rings. The van der Waals surface area contributed by atoms with Crippen molar-refractivity contribution in [1.29, 1.82) is 0 Å². The van der Waals surface area contributed by atoms with Crippen LogP contribution >= 0.6 is 0 Å². The van der Waals surface area contributed by atoms with Gasteiger partial charge in [0.05, 0.1) is 26.0 Å². The smallest absolute Gasteiger partial charge is 0.338 e. The number of ether oxygens (including phenoxy) is 2. The van der Waals surface area contributed by atoms with Crippen molar-refractivity contribution in [2.24, 2.45) is 0 Å². The number of esters is 1. The number of aromatic nitrogens is 4. The highest BCUT2D eigenvalue weighted by molar-refractivity contribution is 5.98. The fourth-order valence-corrected chi connectivity index (χ4v) is 2.71. The maximum absolute atomic E-state index is 14.2. The summed E-state index contributed by atoms with van der Waals surface area (Å²) in [6.45, 7) is 1.44. The number of rotatable bonds is 5. The maximum atomic E-state index is 14.2. The first kappa shape index (κ1) is 19.1. The Bertz CT molecular complexity index is 1090. The molecule has 0 unspecified atom stereocenters. The van der Waals surface area contributed by atoms with Crippen molar-refractivity contribution < 1.29 is 27.5 Å². The molecular weight excluding hydrogens is 378 g/mol. The van der Waals surface area contributed by atoms with Crippen LogP contribution in [-0.2, 0) is 4.74 Å². The lowest BCUT2D eigenvalue weighted by molar-refractivity contribution is 0.0600. The highest BCUT2D eigenvalue weighted by Crippen LogP contribution is 2.38. The van der Waals surface area contributed by atoms with Crippen LogP contribution in [0.2, 0.25) is 0 Å². The third kappa shape index (κ3) is 3.21. The average Bonchev–Trinajstić information content (AvgIpc) is 3.12. The molecule has 0 aliphatic carbocycles. The lowest BCUT2D eigenvalue weighted by atomic mass is 9.97. The Morgan fingerprint density at radius 2 is 2.04 bits per heavy atom. The van der Waals surface area contributed by atoms with E-state index in [0.29, 0.717) is 4.57 Å². The van der Waals surface area contributed by atoms with Gasteiger partial charge in [0.25, 0.3) is 12.0 Å². The van der Waals surface area contributed by atoms with E-state index in [0.717, 1.165) is 13.2 Å². The second kappa shape index (κ2) is 7.55. The average molecular weight is 392 g/mol. The Morgan fingerprint density at radius 1 is 1.29 bits per heavy atom. The highest BCUT2D eigenvalue weighted by Gasteiger charge is 2.31. The molecule has 0 aromatic carbocycles. The van der Waals surface area contributed by atoms with Crippen LogP contribution in [0, 0.1) is 6.92 Å². The molecule has 28 heavy (non-hydrogen) atoms. The van der Waals surface area contributed by atoms with E-state index in [2.05, 4.69) is 19.9 Å². The topological polar surface area (TPSA) is 109 Å². The Balaban J connectivity index is 2.50. The number of alkyl halides is 2. The zero-order valence-electron chi connectivity index (χ0n) is 15.0. The van der Waals surface area contributed by atoms with Crippen molar-refractivity contribution in [2.75, 3.05) is 14.2 Å². The number of carbonyl (C=O) groups excluding carboxylic acids is 1. The molecule has 146 valence electrons. The normalized spacial score (nSPS) is 10.9. The van der Waals surface area contributed by atoms with E-state index >= 15 is 0 Å². The Labute approximate surface area is 156 Å². The van der Waals surface area contributed by atoms with E-state index in [1.165, 1.54) is 32.5 Å². The molecule has 3 rings (SSSR count). The molecule has 0 bridgehead atoms. The van der Waals surface area contributed by atoms with Gasteiger partial charge in [-0.2, -0.15) is 0 Å². The Morgan fingerprint density at radius 3 is 2.61 bits per heavy atom. The van der Waals surface area contributed by atoms with Gasteiger partial charge in [0.15, 0.2) is 0 Å². The molecule has 0 atom stereocenters. The quantitative estimate of drug-likeness (QED) is 0.609. The molecule has 0 amide bonds. The predicted molar refractivity (Wildman–Crippen MR) is 90.7 cm³/mol. The van der Waals surface area contributed by atoms with Crippen LogP contribution in [0.15, 0.2) is 33.7 Å². The molecule has 3 aromatic heterocycles. The summed E-state index contributed by atoms with van der Waals surface area (Å²) >= 11 is 0. The number of pyridine rings is 2. The van der Waals surface area contributed by atoms with Crippen LogP contribution in [0.4, 0.5) is 8.78 Å². The standard InChI is InChI=1S/C17H14F2N4O5/c1-8-21-22-17(28-8)23-12(24)6-10(16(25)27-3)13(14(23)15(18)19)9-4-5-20-7-11(9)26-2/h4-7,15H,1-3H3. The largest absolute Gasteiger partial charge is 0.494 e. The SMILES string of the molecule is COC(=O)c1cc(=O)n(-c2nnc(C)o2)c(C(F)F)c1-c1ccncc1OC. The molecule has 0 N–H and O–H groups in total. The zero-order chi connectivity index (χ0) is 20.4. The van der Waals surface area contributed by atoms with Crippen LogP contribution in [0.25, 0.3) is 17.1 Å². The van der Waals surface area contributed by atoms with E-state index in [9.17, 15) is 18.4 Å². The minimum absolute atomic E-state index is 0.0715. The molecule has 0 aliphatic heterocycles. The van der Waals surface area contributed by atoms with Gasteiger partial charge in [0.1, 0.15) is 11.4 Å². The molecule has 0 saturated carbocycles. The minimum Gasteiger partial charge on any atom is -0.494 e. The predicted octanol–water partition coefficient (Wildman–Crippen LogP) is 2.32. The van der Waals surface area contributed by atoms with Crippen LogP contribution < -0.4 is 10.3 Å². The number of hydrogen-bond acceptors (Lipinski definition) is 8. The van der Waals surface area contributed by atoms with Gasteiger partial charge >= 0.3 is 12.0 Å². The molecule has 11 heteroatoms. The molecule has 0 fully saturated rings. The number of nitrogens with zero attached hydrogens (tertiary/aromatic N) is 4. The molecule has 0 radical (unpaired) electrons. The van der Waals surface area contributed by atoms with E-state index in [1.807, 2.05) is 0 Å². The summed E-state index contributed by atoms with van der Waals surface area (Å²) in [5.74, 6) is -0.787. The lowest BCUT2D eigenvalue weighted by Crippen LogP contribution is -2.26. The van der Waals surface area contributed by atoms with Crippen LogP contribution in [-0.4, -0.2) is 39.9 Å². The summed E-state index contributed by atoms with van der Waals surface area (Å²) in [4.78, 5) is 28.7. The van der Waals surface area contributed by atoms with Crippen molar-refractivity contribution in [3.63, 3.8) is 0 Å². The van der Waals surface area contributed by atoms with Gasteiger partial charge in [-0.15, -0.1) is 5.10 Å². The summed E-state index contributed by atoms with van der Waals surface area (Å²) < 4.78 is 43.9. The highest BCUT2D eigenvalue weighted by atomic mass is 19.3. The van der Waals surface area contributed by atoms with Crippen molar-refractivity contribution in [1.82, 2.24) is 19.7 Å². The third-order valence-corrected chi connectivity index (χ3v) is 3.85. The van der Waals surface area contributed by atoms with Crippen molar-refractivity contribution in [2.45, 2.75) is 13.3 Å². The van der Waals surface area contributed by atoms with Gasteiger partial charge in [-0.05, 0) is 6.07 Å². The number of carbonyl (C=O) groups is 1. The summed E-state index contributed by atoms with van der Waals surface area (Å²) in [6.07, 6.45) is -0.560. The van der Waals surface area contributed by atoms with Crippen molar-refractivity contribution >= 4 is 5.97 Å². The second-order valence-corrected chi connectivity index (χ2v) is 5.46. The maximum Gasteiger partial charge on any atom is 0.338 e. The molecular formula is C17H14F2N4O5. The minimum atomic E-state index is -3.18. The number of halogens is 2. The Hall–Kier alpha value is -3.63. The second-order valence-electron chi connectivity index (χ2n) is 5.46. The molecule has 0 spiro atoms. The van der Waals surface area contributed by atoms with E-state index in [4.69, 9.17) is 9.15 Å². The molecule has 3 aromatic rings. The molecule has 9 nitrogen and oxygen atoms in total. The van der Waals surface area contributed by atoms with Crippen LogP contribution in [0.5, 0.6) is 5.75 Å². The van der Waals surface area contributed by atoms with Crippen molar-refractivity contribution in [3.8, 4) is 22.9 Å². The first-order chi connectivity index (χ1) is 13.4. The summed E-state index contributed by atoms with van der Waals surface area (Å²) in [5.41, 5.74) is -2.30. The van der Waals surface area contributed by atoms with E-state index in [1.54, 1.807) is 0 Å². The summed E-state index contributed by atoms with van der Waals surface area (Å²) in [5, 5.41) is 7.21. The first-order valence-electron chi connectivity index (χ1n) is 7.84. The van der Waals surface area contributed by atoms with Gasteiger partial charge in [0.2, 0.25) is 5.89 Å². The van der Waals surface area contributed by atoms with Crippen LogP contribution in [0.1, 0.15) is 28.4 Å². The number of methoxy groups -OCH3 is 2. The monoisotopic (exact) mass is 392 g/mol. The molecule has 3 heterocycles. The van der Waals surface area contributed by atoms with Gasteiger partial charge in [-0.1, -0.05) is 5.10 Å². The van der Waals surface area contributed by atoms with Gasteiger partial charge < -0.3 is 13.9 Å². The van der Waals surface area contributed by atoms with Crippen molar-refractivity contribution in [3.05, 3.63) is 52.0 Å². The van der Waals surface area contributed by atoms with E-state index in [-0.39, 0.29) is 28.3 Å². The van der Waals surface area contributed by atoms with Gasteiger partial charge in [0, 0.05) is 30.3 Å². The zero-order valence-corrected chi connectivity index (χ0v) is 15.0. The Kier molecular flexibility index (Phi) is 5.16. The summed E-state index contributed by atoms with van der Waals surface area (Å²) in [7, 11) is 2.39. The number of hydrogen-bond donors (Lipinski definition) is 0. The molecule has 0 saturated heterocycles. The lowest BCUT2D eigenvalue weighted by Gasteiger charge is -2.18. The van der Waals surface area contributed by atoms with Gasteiger partial charge in [-0.3, -0.25) is 9.78 Å². The van der Waals surface area contributed by atoms with E-state index < -0.39 is 29.7 Å². The fourth-order valence-electron chi connectivity index (χ4n) is 2.71. The van der Waals surface area contributed by atoms with Crippen LogP contribution in [0.3, 0.4) is 0 Å². The first-order valence-corrected chi connectivity index (χ1v) is 7.84. The third-order valence-electron chi connectivity index (χ3n) is 3.85. The number of aryl methyl sites for hydroxylation is 1. The fraction of sp³-hybridized carbons (Fsp3) is 0.235.